The molecule has 1 aromatic heterocycles. The van der Waals surface area contributed by atoms with Crippen molar-refractivity contribution in [2.75, 3.05) is 18.9 Å². The molecule has 68 valence electrons. The smallest absolute Gasteiger partial charge is 0.165 e. The summed E-state index contributed by atoms with van der Waals surface area (Å²) in [6.07, 6.45) is 1.51. The van der Waals surface area contributed by atoms with E-state index < -0.39 is 0 Å². The highest BCUT2D eigenvalue weighted by molar-refractivity contribution is 4.84. The van der Waals surface area contributed by atoms with E-state index in [1.54, 1.807) is 0 Å². The zero-order chi connectivity index (χ0) is 8.97. The average molecular weight is 169 g/mol. The molecule has 0 spiro atoms. The van der Waals surface area contributed by atoms with E-state index in [1.165, 1.54) is 11.0 Å². The first-order chi connectivity index (χ1) is 5.77. The van der Waals surface area contributed by atoms with E-state index in [4.69, 9.17) is 5.84 Å². The van der Waals surface area contributed by atoms with Crippen molar-refractivity contribution < 1.29 is 0 Å². The standard InChI is InChI=1S/C7H15N5/c1-3-11(4-2)5-7-10-9-6-12(7)8/h6H,3-5,8H2,1-2H3. The van der Waals surface area contributed by atoms with Gasteiger partial charge in [0.2, 0.25) is 0 Å². The minimum absolute atomic E-state index is 0.767. The molecule has 5 nitrogen and oxygen atoms in total. The van der Waals surface area contributed by atoms with Gasteiger partial charge in [0.15, 0.2) is 5.82 Å². The maximum atomic E-state index is 5.56. The summed E-state index contributed by atoms with van der Waals surface area (Å²) < 4.78 is 1.46. The highest BCUT2D eigenvalue weighted by Gasteiger charge is 2.05. The highest BCUT2D eigenvalue weighted by atomic mass is 15.4. The van der Waals surface area contributed by atoms with Crippen LogP contribution in [-0.4, -0.2) is 32.9 Å². The van der Waals surface area contributed by atoms with Crippen LogP contribution in [0.3, 0.4) is 0 Å². The van der Waals surface area contributed by atoms with Crippen LogP contribution in [0.15, 0.2) is 6.33 Å². The first-order valence-electron chi connectivity index (χ1n) is 4.14. The van der Waals surface area contributed by atoms with E-state index in [2.05, 4.69) is 28.9 Å². The van der Waals surface area contributed by atoms with Gasteiger partial charge in [-0.3, -0.25) is 4.90 Å². The Morgan fingerprint density at radius 2 is 2.17 bits per heavy atom. The fourth-order valence-electron chi connectivity index (χ4n) is 1.03. The molecule has 12 heavy (non-hydrogen) atoms. The van der Waals surface area contributed by atoms with Gasteiger partial charge in [-0.05, 0) is 13.1 Å². The van der Waals surface area contributed by atoms with Crippen LogP contribution >= 0.6 is 0 Å². The molecule has 0 saturated heterocycles. The predicted octanol–water partition coefficient (Wildman–Crippen LogP) is -0.166. The van der Waals surface area contributed by atoms with Gasteiger partial charge < -0.3 is 5.84 Å². The summed E-state index contributed by atoms with van der Waals surface area (Å²) >= 11 is 0. The molecular formula is C7H15N5. The average Bonchev–Trinajstić information content (AvgIpc) is 2.47. The Morgan fingerprint density at radius 1 is 1.50 bits per heavy atom. The molecule has 1 heterocycles. The van der Waals surface area contributed by atoms with Crippen LogP contribution in [0, 0.1) is 0 Å². The Balaban J connectivity index is 2.56. The van der Waals surface area contributed by atoms with E-state index in [-0.39, 0.29) is 0 Å². The quantitative estimate of drug-likeness (QED) is 0.636. The number of aromatic nitrogens is 3. The number of nitrogens with two attached hydrogens (primary N) is 1. The van der Waals surface area contributed by atoms with E-state index in [9.17, 15) is 0 Å². The van der Waals surface area contributed by atoms with E-state index in [1.807, 2.05) is 0 Å². The monoisotopic (exact) mass is 169 g/mol. The van der Waals surface area contributed by atoms with Gasteiger partial charge >= 0.3 is 0 Å². The van der Waals surface area contributed by atoms with Crippen molar-refractivity contribution in [1.29, 1.82) is 0 Å². The number of hydrogen-bond donors (Lipinski definition) is 1. The second kappa shape index (κ2) is 4.06. The van der Waals surface area contributed by atoms with Crippen molar-refractivity contribution in [3.8, 4) is 0 Å². The topological polar surface area (TPSA) is 60.0 Å². The van der Waals surface area contributed by atoms with Crippen molar-refractivity contribution >= 4 is 0 Å². The van der Waals surface area contributed by atoms with Gasteiger partial charge in [-0.25, -0.2) is 4.68 Å². The number of rotatable bonds is 4. The third kappa shape index (κ3) is 1.94. The zero-order valence-corrected chi connectivity index (χ0v) is 7.56. The molecule has 0 radical (unpaired) electrons. The van der Waals surface area contributed by atoms with Crippen LogP contribution in [0.25, 0.3) is 0 Å². The first-order valence-corrected chi connectivity index (χ1v) is 4.14. The molecule has 0 fully saturated rings. The van der Waals surface area contributed by atoms with Gasteiger partial charge in [-0.15, -0.1) is 10.2 Å². The summed E-state index contributed by atoms with van der Waals surface area (Å²) in [4.78, 5) is 2.23. The van der Waals surface area contributed by atoms with Gasteiger partial charge in [0.05, 0.1) is 6.54 Å². The van der Waals surface area contributed by atoms with Gasteiger partial charge in [0, 0.05) is 0 Å². The van der Waals surface area contributed by atoms with E-state index in [0.29, 0.717) is 0 Å². The van der Waals surface area contributed by atoms with E-state index in [0.717, 1.165) is 25.5 Å². The van der Waals surface area contributed by atoms with Gasteiger partial charge in [-0.2, -0.15) is 0 Å². The summed E-state index contributed by atoms with van der Waals surface area (Å²) in [5.41, 5.74) is 0. The first kappa shape index (κ1) is 8.99. The van der Waals surface area contributed by atoms with Crippen LogP contribution in [0.1, 0.15) is 19.7 Å². The van der Waals surface area contributed by atoms with Crippen molar-refractivity contribution in [3.05, 3.63) is 12.2 Å². The maximum absolute atomic E-state index is 5.56. The third-order valence-corrected chi connectivity index (χ3v) is 1.91. The van der Waals surface area contributed by atoms with E-state index >= 15 is 0 Å². The molecule has 0 aliphatic rings. The lowest BCUT2D eigenvalue weighted by Crippen LogP contribution is -2.25. The SMILES string of the molecule is CCN(CC)Cc1nncn1N. The highest BCUT2D eigenvalue weighted by Crippen LogP contribution is 1.97. The lowest BCUT2D eigenvalue weighted by molar-refractivity contribution is 0.285. The Morgan fingerprint density at radius 3 is 2.58 bits per heavy atom. The Hall–Kier alpha value is -1.10. The van der Waals surface area contributed by atoms with Crippen LogP contribution in [0.2, 0.25) is 0 Å². The minimum Gasteiger partial charge on any atom is -0.336 e. The molecule has 0 aromatic carbocycles. The lowest BCUT2D eigenvalue weighted by Gasteiger charge is -2.16. The predicted molar refractivity (Wildman–Crippen MR) is 46.8 cm³/mol. The Bertz CT molecular complexity index is 227. The Labute approximate surface area is 72.2 Å². The molecule has 0 saturated carbocycles. The zero-order valence-electron chi connectivity index (χ0n) is 7.56. The van der Waals surface area contributed by atoms with Gasteiger partial charge in [0.1, 0.15) is 6.33 Å². The van der Waals surface area contributed by atoms with Crippen LogP contribution in [-0.2, 0) is 6.54 Å². The van der Waals surface area contributed by atoms with Gasteiger partial charge in [-0.1, -0.05) is 13.8 Å². The van der Waals surface area contributed by atoms with Crippen molar-refractivity contribution in [3.63, 3.8) is 0 Å². The molecule has 0 aliphatic carbocycles. The largest absolute Gasteiger partial charge is 0.336 e. The van der Waals surface area contributed by atoms with Crippen molar-refractivity contribution in [2.45, 2.75) is 20.4 Å². The van der Waals surface area contributed by atoms with Gasteiger partial charge in [0.25, 0.3) is 0 Å². The summed E-state index contributed by atoms with van der Waals surface area (Å²) in [7, 11) is 0. The summed E-state index contributed by atoms with van der Waals surface area (Å²) in [6.45, 7) is 7.00. The number of nitrogens with zero attached hydrogens (tertiary/aromatic N) is 4. The molecular weight excluding hydrogens is 154 g/mol. The molecule has 0 unspecified atom stereocenters. The fourth-order valence-corrected chi connectivity index (χ4v) is 1.03. The second-order valence-electron chi connectivity index (χ2n) is 2.62. The second-order valence-corrected chi connectivity index (χ2v) is 2.62. The molecule has 5 heteroatoms. The van der Waals surface area contributed by atoms with Crippen LogP contribution < -0.4 is 5.84 Å². The fraction of sp³-hybridized carbons (Fsp3) is 0.714. The molecule has 1 aromatic rings. The van der Waals surface area contributed by atoms with Crippen molar-refractivity contribution in [1.82, 2.24) is 19.8 Å². The third-order valence-electron chi connectivity index (χ3n) is 1.91. The molecule has 0 aliphatic heterocycles. The van der Waals surface area contributed by atoms with Crippen LogP contribution in [0.4, 0.5) is 0 Å². The minimum atomic E-state index is 0.767. The lowest BCUT2D eigenvalue weighted by atomic mass is 10.4. The maximum Gasteiger partial charge on any atom is 0.165 e. The summed E-state index contributed by atoms with van der Waals surface area (Å²) in [5, 5.41) is 7.60. The summed E-state index contributed by atoms with van der Waals surface area (Å²) in [6, 6.07) is 0. The summed E-state index contributed by atoms with van der Waals surface area (Å²) in [5.74, 6) is 6.37. The molecule has 1 rings (SSSR count). The van der Waals surface area contributed by atoms with Crippen LogP contribution in [0.5, 0.6) is 0 Å². The Kier molecular flexibility index (Phi) is 3.04. The number of nitrogen functional groups attached to an aromatic ring is 1. The normalized spacial score (nSPS) is 10.9. The molecule has 2 N–H and O–H groups in total. The number of hydrogen-bond acceptors (Lipinski definition) is 4. The molecule has 0 atom stereocenters. The molecule has 0 amide bonds. The molecule has 0 bridgehead atoms. The van der Waals surface area contributed by atoms with Crippen molar-refractivity contribution in [2.24, 2.45) is 0 Å².